The Bertz CT molecular complexity index is 939. The van der Waals surface area contributed by atoms with E-state index in [1.165, 1.54) is 11.3 Å². The minimum absolute atomic E-state index is 0.125. The molecule has 2 aromatic rings. The van der Waals surface area contributed by atoms with Crippen LogP contribution in [0.5, 0.6) is 0 Å². The van der Waals surface area contributed by atoms with Gasteiger partial charge in [-0.3, -0.25) is 4.79 Å². The SMILES string of the molecule is CC1(C)Cc2c(sc(NC(=O)CO/N=C/c3ccccc3)c2C#N)C(C)(C)N1. The summed E-state index contributed by atoms with van der Waals surface area (Å²) in [4.78, 5) is 18.4. The van der Waals surface area contributed by atoms with Crippen LogP contribution in [-0.2, 0) is 21.6 Å². The maximum Gasteiger partial charge on any atom is 0.265 e. The van der Waals surface area contributed by atoms with Gasteiger partial charge in [-0.25, -0.2) is 0 Å². The standard InChI is InChI=1S/C21H24N4O2S/c1-20(2)10-15-16(11-22)19(28-18(15)21(3,4)25-20)24-17(26)13-27-23-12-14-8-6-5-7-9-14/h5-9,12,25H,10,13H2,1-4H3,(H,24,26)/b23-12+. The van der Waals surface area contributed by atoms with Crippen LogP contribution in [0.25, 0.3) is 0 Å². The summed E-state index contributed by atoms with van der Waals surface area (Å²) in [6.07, 6.45) is 2.28. The van der Waals surface area contributed by atoms with Crippen molar-refractivity contribution in [1.82, 2.24) is 5.32 Å². The number of nitrogens with one attached hydrogen (secondary N) is 2. The highest BCUT2D eigenvalue weighted by molar-refractivity contribution is 7.17. The number of carbonyl (C=O) groups is 1. The molecule has 146 valence electrons. The van der Waals surface area contributed by atoms with Crippen molar-refractivity contribution in [2.75, 3.05) is 11.9 Å². The van der Waals surface area contributed by atoms with E-state index in [1.807, 2.05) is 30.3 Å². The predicted molar refractivity (Wildman–Crippen MR) is 112 cm³/mol. The van der Waals surface area contributed by atoms with Gasteiger partial charge in [-0.1, -0.05) is 35.5 Å². The molecule has 28 heavy (non-hydrogen) atoms. The maximum atomic E-state index is 12.3. The van der Waals surface area contributed by atoms with Gasteiger partial charge >= 0.3 is 0 Å². The molecule has 0 spiro atoms. The summed E-state index contributed by atoms with van der Waals surface area (Å²) in [6.45, 7) is 8.21. The second-order valence-electron chi connectivity index (χ2n) is 8.00. The summed E-state index contributed by atoms with van der Waals surface area (Å²) in [5.74, 6) is -0.342. The monoisotopic (exact) mass is 396 g/mol. The summed E-state index contributed by atoms with van der Waals surface area (Å²) in [5, 5.41) is 20.5. The summed E-state index contributed by atoms with van der Waals surface area (Å²) >= 11 is 1.45. The molecule has 0 bridgehead atoms. The first-order chi connectivity index (χ1) is 13.2. The Kier molecular flexibility index (Phi) is 5.54. The number of fused-ring (bicyclic) bond motifs is 1. The fourth-order valence-corrected chi connectivity index (χ4v) is 4.87. The van der Waals surface area contributed by atoms with Crippen LogP contribution in [0.2, 0.25) is 0 Å². The molecule has 1 amide bonds. The quantitative estimate of drug-likeness (QED) is 0.595. The first-order valence-electron chi connectivity index (χ1n) is 9.08. The van der Waals surface area contributed by atoms with Crippen molar-refractivity contribution >= 4 is 28.5 Å². The van der Waals surface area contributed by atoms with E-state index < -0.39 is 0 Å². The Balaban J connectivity index is 1.69. The molecule has 0 saturated heterocycles. The van der Waals surface area contributed by atoms with Crippen molar-refractivity contribution in [2.45, 2.75) is 45.2 Å². The Morgan fingerprint density at radius 3 is 2.75 bits per heavy atom. The number of hydrogen-bond donors (Lipinski definition) is 2. The first kappa shape index (κ1) is 20.1. The minimum Gasteiger partial charge on any atom is -0.386 e. The molecule has 7 heteroatoms. The molecule has 0 aliphatic carbocycles. The van der Waals surface area contributed by atoms with Crippen LogP contribution in [0.3, 0.4) is 0 Å². The lowest BCUT2D eigenvalue weighted by atomic mass is 9.81. The van der Waals surface area contributed by atoms with Gasteiger partial charge in [0.25, 0.3) is 5.91 Å². The van der Waals surface area contributed by atoms with Gasteiger partial charge in [-0.2, -0.15) is 5.26 Å². The van der Waals surface area contributed by atoms with Gasteiger partial charge in [0.05, 0.1) is 11.8 Å². The molecule has 6 nitrogen and oxygen atoms in total. The Labute approximate surface area is 169 Å². The number of thiophene rings is 1. The fraction of sp³-hybridized carbons (Fsp3) is 0.381. The van der Waals surface area contributed by atoms with Crippen molar-refractivity contribution in [3.05, 3.63) is 51.9 Å². The number of anilines is 1. The number of oxime groups is 1. The average Bonchev–Trinajstić information content (AvgIpc) is 2.95. The van der Waals surface area contributed by atoms with Crippen LogP contribution in [0.15, 0.2) is 35.5 Å². The third kappa shape index (κ3) is 4.41. The average molecular weight is 397 g/mol. The highest BCUT2D eigenvalue weighted by Gasteiger charge is 2.40. The molecule has 2 heterocycles. The van der Waals surface area contributed by atoms with Crippen LogP contribution in [0.1, 0.15) is 49.3 Å². The van der Waals surface area contributed by atoms with E-state index in [2.05, 4.69) is 49.6 Å². The van der Waals surface area contributed by atoms with Gasteiger partial charge in [0.1, 0.15) is 11.1 Å². The van der Waals surface area contributed by atoms with Gasteiger partial charge in [-0.15, -0.1) is 11.3 Å². The summed E-state index contributed by atoms with van der Waals surface area (Å²) in [6, 6.07) is 11.8. The van der Waals surface area contributed by atoms with E-state index in [9.17, 15) is 10.1 Å². The number of benzene rings is 1. The van der Waals surface area contributed by atoms with Gasteiger partial charge in [0.2, 0.25) is 0 Å². The second-order valence-corrected chi connectivity index (χ2v) is 9.02. The van der Waals surface area contributed by atoms with Crippen LogP contribution >= 0.6 is 11.3 Å². The molecule has 1 aliphatic rings. The normalized spacial score (nSPS) is 17.0. The van der Waals surface area contributed by atoms with Crippen molar-refractivity contribution in [2.24, 2.45) is 5.16 Å². The second kappa shape index (κ2) is 7.74. The molecule has 1 aromatic carbocycles. The predicted octanol–water partition coefficient (Wildman–Crippen LogP) is 3.77. The van der Waals surface area contributed by atoms with Crippen LogP contribution in [0.4, 0.5) is 5.00 Å². The van der Waals surface area contributed by atoms with Gasteiger partial charge < -0.3 is 15.5 Å². The third-order valence-electron chi connectivity index (χ3n) is 4.48. The van der Waals surface area contributed by atoms with E-state index in [4.69, 9.17) is 4.84 Å². The van der Waals surface area contributed by atoms with E-state index in [0.717, 1.165) is 22.4 Å². The molecule has 0 atom stereocenters. The van der Waals surface area contributed by atoms with Crippen molar-refractivity contribution < 1.29 is 9.63 Å². The van der Waals surface area contributed by atoms with E-state index in [1.54, 1.807) is 6.21 Å². The fourth-order valence-electron chi connectivity index (χ4n) is 3.63. The molecule has 0 radical (unpaired) electrons. The zero-order valence-corrected chi connectivity index (χ0v) is 17.3. The van der Waals surface area contributed by atoms with Crippen LogP contribution in [0, 0.1) is 11.3 Å². The lowest BCUT2D eigenvalue weighted by Crippen LogP contribution is -2.54. The Morgan fingerprint density at radius 2 is 2.07 bits per heavy atom. The number of nitrogens with zero attached hydrogens (tertiary/aromatic N) is 2. The van der Waals surface area contributed by atoms with Crippen molar-refractivity contribution in [3.63, 3.8) is 0 Å². The van der Waals surface area contributed by atoms with E-state index >= 15 is 0 Å². The van der Waals surface area contributed by atoms with Crippen LogP contribution < -0.4 is 10.6 Å². The summed E-state index contributed by atoms with van der Waals surface area (Å²) < 4.78 is 0. The number of rotatable bonds is 5. The Morgan fingerprint density at radius 1 is 1.36 bits per heavy atom. The van der Waals surface area contributed by atoms with Gasteiger partial charge in [-0.05, 0) is 45.2 Å². The highest BCUT2D eigenvalue weighted by atomic mass is 32.1. The molecule has 0 saturated carbocycles. The topological polar surface area (TPSA) is 86.5 Å². The van der Waals surface area contributed by atoms with Crippen molar-refractivity contribution in [1.29, 1.82) is 5.26 Å². The van der Waals surface area contributed by atoms with E-state index in [-0.39, 0.29) is 23.6 Å². The number of carbonyl (C=O) groups excluding carboxylic acids is 1. The first-order valence-corrected chi connectivity index (χ1v) is 9.89. The zero-order valence-electron chi connectivity index (χ0n) is 16.5. The van der Waals surface area contributed by atoms with E-state index in [0.29, 0.717) is 10.6 Å². The molecule has 1 aliphatic heterocycles. The van der Waals surface area contributed by atoms with Gasteiger partial charge in [0.15, 0.2) is 6.61 Å². The highest BCUT2D eigenvalue weighted by Crippen LogP contribution is 2.44. The molecular formula is C21H24N4O2S. The van der Waals surface area contributed by atoms with Crippen molar-refractivity contribution in [3.8, 4) is 6.07 Å². The molecule has 3 rings (SSSR count). The molecule has 1 aromatic heterocycles. The molecule has 0 unspecified atom stereocenters. The zero-order chi connectivity index (χ0) is 20.4. The van der Waals surface area contributed by atoms with Gasteiger partial charge in [0, 0.05) is 16.0 Å². The Hall–Kier alpha value is -2.69. The largest absolute Gasteiger partial charge is 0.386 e. The number of nitriles is 1. The smallest absolute Gasteiger partial charge is 0.265 e. The summed E-state index contributed by atoms with van der Waals surface area (Å²) in [7, 11) is 0. The molecular weight excluding hydrogens is 372 g/mol. The summed E-state index contributed by atoms with van der Waals surface area (Å²) in [5.41, 5.74) is 2.05. The lowest BCUT2D eigenvalue weighted by molar-refractivity contribution is -0.120. The molecule has 0 fully saturated rings. The third-order valence-corrected chi connectivity index (χ3v) is 5.95. The van der Waals surface area contributed by atoms with Crippen LogP contribution in [-0.4, -0.2) is 24.3 Å². The molecule has 2 N–H and O–H groups in total. The lowest BCUT2D eigenvalue weighted by Gasteiger charge is -2.42. The minimum atomic E-state index is -0.342. The number of amides is 1. The number of hydrogen-bond acceptors (Lipinski definition) is 6. The maximum absolute atomic E-state index is 12.3.